The molecule has 4 aliphatic carbocycles. The van der Waals surface area contributed by atoms with E-state index in [9.17, 15) is 9.59 Å². The lowest BCUT2D eigenvalue weighted by molar-refractivity contribution is -0.138. The third kappa shape index (κ3) is 3.24. The number of primary amides is 1. The smallest absolute Gasteiger partial charge is 0.255 e. The van der Waals surface area contributed by atoms with Gasteiger partial charge in [0.15, 0.2) is 6.61 Å². The van der Waals surface area contributed by atoms with E-state index in [4.69, 9.17) is 10.5 Å². The number of anilines is 1. The molecule has 2 amide bonds. The van der Waals surface area contributed by atoms with Crippen molar-refractivity contribution in [2.45, 2.75) is 49.8 Å². The number of amides is 2. The minimum Gasteiger partial charge on any atom is -0.484 e. The summed E-state index contributed by atoms with van der Waals surface area (Å²) < 4.78 is 5.49. The van der Waals surface area contributed by atoms with Gasteiger partial charge in [0.05, 0.1) is 5.41 Å². The molecule has 26 heavy (non-hydrogen) atoms. The monoisotopic (exact) mass is 420 g/mol. The second-order valence-electron chi connectivity index (χ2n) is 8.58. The maximum atomic E-state index is 13.2. The van der Waals surface area contributed by atoms with Gasteiger partial charge in [-0.15, -0.1) is 0 Å². The van der Waals surface area contributed by atoms with Crippen molar-refractivity contribution in [1.82, 2.24) is 0 Å². The van der Waals surface area contributed by atoms with E-state index < -0.39 is 5.91 Å². The second kappa shape index (κ2) is 6.25. The van der Waals surface area contributed by atoms with Crippen LogP contribution in [-0.4, -0.2) is 22.7 Å². The average molecular weight is 421 g/mol. The molecule has 0 radical (unpaired) electrons. The summed E-state index contributed by atoms with van der Waals surface area (Å²) in [5, 5.41) is 3.17. The Morgan fingerprint density at radius 1 is 1.27 bits per heavy atom. The summed E-state index contributed by atoms with van der Waals surface area (Å²) in [4.78, 5) is 24.1. The molecule has 5 nitrogen and oxygen atoms in total. The molecule has 4 bridgehead atoms. The van der Waals surface area contributed by atoms with E-state index in [2.05, 4.69) is 21.2 Å². The van der Waals surface area contributed by atoms with E-state index in [1.54, 1.807) is 6.07 Å². The number of benzene rings is 1. The highest BCUT2D eigenvalue weighted by atomic mass is 79.9. The van der Waals surface area contributed by atoms with Crippen molar-refractivity contribution in [2.75, 3.05) is 11.9 Å². The quantitative estimate of drug-likeness (QED) is 0.714. The predicted molar refractivity (Wildman–Crippen MR) is 103 cm³/mol. The van der Waals surface area contributed by atoms with Crippen LogP contribution in [-0.2, 0) is 9.59 Å². The molecular weight excluding hydrogens is 396 g/mol. The average Bonchev–Trinajstić information content (AvgIpc) is 2.52. The summed E-state index contributed by atoms with van der Waals surface area (Å²) in [6, 6.07) is 5.43. The van der Waals surface area contributed by atoms with Crippen molar-refractivity contribution in [3.8, 4) is 5.75 Å². The lowest BCUT2D eigenvalue weighted by Crippen LogP contribution is -2.57. The maximum Gasteiger partial charge on any atom is 0.255 e. The summed E-state index contributed by atoms with van der Waals surface area (Å²) in [7, 11) is 0. The van der Waals surface area contributed by atoms with Crippen LogP contribution in [0.2, 0.25) is 0 Å². The van der Waals surface area contributed by atoms with Crippen molar-refractivity contribution in [3.05, 3.63) is 23.8 Å². The molecule has 5 rings (SSSR count). The number of ether oxygens (including phenoxy) is 1. The number of alkyl halides is 1. The van der Waals surface area contributed by atoms with Crippen LogP contribution in [0, 0.1) is 24.2 Å². The van der Waals surface area contributed by atoms with E-state index >= 15 is 0 Å². The van der Waals surface area contributed by atoms with Gasteiger partial charge in [-0.25, -0.2) is 0 Å². The van der Waals surface area contributed by atoms with Gasteiger partial charge in [0.2, 0.25) is 5.91 Å². The molecule has 2 unspecified atom stereocenters. The SMILES string of the molecule is Cc1cc(OCC(N)=O)ccc1NC(=O)C12CC3CC(CC(Br)(C3)C1)C2. The molecular formula is C20H25BrN2O3. The van der Waals surface area contributed by atoms with E-state index in [1.165, 1.54) is 19.3 Å². The Kier molecular flexibility index (Phi) is 4.29. The summed E-state index contributed by atoms with van der Waals surface area (Å²) in [6.07, 6.45) is 6.68. The number of carbonyl (C=O) groups excluding carboxylic acids is 2. The molecule has 0 spiro atoms. The number of rotatable bonds is 5. The van der Waals surface area contributed by atoms with Crippen LogP contribution in [0.5, 0.6) is 5.75 Å². The predicted octanol–water partition coefficient (Wildman–Crippen LogP) is 3.53. The van der Waals surface area contributed by atoms with Crippen LogP contribution in [0.15, 0.2) is 18.2 Å². The van der Waals surface area contributed by atoms with Crippen molar-refractivity contribution in [1.29, 1.82) is 0 Å². The minimum absolute atomic E-state index is 0.148. The Morgan fingerprint density at radius 2 is 1.96 bits per heavy atom. The fraction of sp³-hybridized carbons (Fsp3) is 0.600. The van der Waals surface area contributed by atoms with E-state index in [0.29, 0.717) is 17.6 Å². The summed E-state index contributed by atoms with van der Waals surface area (Å²) >= 11 is 3.96. The van der Waals surface area contributed by atoms with Crippen molar-refractivity contribution in [3.63, 3.8) is 0 Å². The third-order valence-electron chi connectivity index (χ3n) is 6.30. The van der Waals surface area contributed by atoms with Gasteiger partial charge in [0.25, 0.3) is 5.91 Å². The minimum atomic E-state index is -0.509. The maximum absolute atomic E-state index is 13.2. The molecule has 2 atom stereocenters. The van der Waals surface area contributed by atoms with E-state index in [-0.39, 0.29) is 22.3 Å². The van der Waals surface area contributed by atoms with Crippen molar-refractivity contribution in [2.24, 2.45) is 23.0 Å². The Bertz CT molecular complexity index is 749. The third-order valence-corrected chi connectivity index (χ3v) is 7.23. The summed E-state index contributed by atoms with van der Waals surface area (Å²) in [5.74, 6) is 1.57. The largest absolute Gasteiger partial charge is 0.484 e. The van der Waals surface area contributed by atoms with Crippen LogP contribution in [0.3, 0.4) is 0 Å². The van der Waals surface area contributed by atoms with Gasteiger partial charge in [-0.3, -0.25) is 9.59 Å². The van der Waals surface area contributed by atoms with Gasteiger partial charge < -0.3 is 15.8 Å². The molecule has 4 saturated carbocycles. The fourth-order valence-electron chi connectivity index (χ4n) is 5.69. The Morgan fingerprint density at radius 3 is 2.54 bits per heavy atom. The first-order chi connectivity index (χ1) is 12.3. The number of nitrogens with one attached hydrogen (secondary N) is 1. The Hall–Kier alpha value is -1.56. The molecule has 6 heteroatoms. The van der Waals surface area contributed by atoms with Crippen LogP contribution >= 0.6 is 15.9 Å². The number of aryl methyl sites for hydroxylation is 1. The molecule has 4 aliphatic rings. The molecule has 3 N–H and O–H groups in total. The molecule has 0 aromatic heterocycles. The zero-order valence-corrected chi connectivity index (χ0v) is 16.6. The van der Waals surface area contributed by atoms with Crippen molar-refractivity contribution < 1.29 is 14.3 Å². The molecule has 1 aromatic carbocycles. The highest BCUT2D eigenvalue weighted by Crippen LogP contribution is 2.64. The van der Waals surface area contributed by atoms with Gasteiger partial charge >= 0.3 is 0 Å². The lowest BCUT2D eigenvalue weighted by Gasteiger charge is -2.59. The first-order valence-electron chi connectivity index (χ1n) is 9.29. The molecule has 0 heterocycles. The van der Waals surface area contributed by atoms with Crippen LogP contribution in [0.4, 0.5) is 5.69 Å². The lowest BCUT2D eigenvalue weighted by atomic mass is 9.49. The standard InChI is InChI=1S/C20H25BrN2O3/c1-12-4-15(26-10-17(22)24)2-3-16(12)23-18(25)19-6-13-5-14(7-19)9-20(21,8-13)11-19/h2-4,13-14H,5-11H2,1H3,(H2,22,24)(H,23,25). The van der Waals surface area contributed by atoms with E-state index in [1.807, 2.05) is 19.1 Å². The van der Waals surface area contributed by atoms with Crippen molar-refractivity contribution >= 4 is 33.4 Å². The second-order valence-corrected chi connectivity index (χ2v) is 10.3. The zero-order valence-electron chi connectivity index (χ0n) is 15.0. The number of nitrogens with two attached hydrogens (primary N) is 1. The number of carbonyl (C=O) groups is 2. The van der Waals surface area contributed by atoms with Crippen LogP contribution < -0.4 is 15.8 Å². The fourth-order valence-corrected chi connectivity index (χ4v) is 7.14. The molecule has 1 aromatic rings. The molecule has 0 aliphatic heterocycles. The van der Waals surface area contributed by atoms with Gasteiger partial charge in [0, 0.05) is 10.0 Å². The summed E-state index contributed by atoms with van der Waals surface area (Å²) in [6.45, 7) is 1.78. The molecule has 0 saturated heterocycles. The van der Waals surface area contributed by atoms with Gasteiger partial charge in [-0.1, -0.05) is 15.9 Å². The first-order valence-corrected chi connectivity index (χ1v) is 10.1. The normalized spacial score (nSPS) is 34.5. The summed E-state index contributed by atoms with van der Waals surface area (Å²) in [5.41, 5.74) is 6.59. The number of halogens is 1. The van der Waals surface area contributed by atoms with Crippen LogP contribution in [0.25, 0.3) is 0 Å². The number of hydrogen-bond acceptors (Lipinski definition) is 3. The molecule has 4 fully saturated rings. The highest BCUT2D eigenvalue weighted by molar-refractivity contribution is 9.10. The zero-order chi connectivity index (χ0) is 18.5. The van der Waals surface area contributed by atoms with E-state index in [0.717, 1.165) is 30.5 Å². The first kappa shape index (κ1) is 17.8. The Labute approximate surface area is 162 Å². The Balaban J connectivity index is 1.49. The highest BCUT2D eigenvalue weighted by Gasteiger charge is 2.59. The van der Waals surface area contributed by atoms with Crippen LogP contribution in [0.1, 0.15) is 44.1 Å². The number of hydrogen-bond donors (Lipinski definition) is 2. The van der Waals surface area contributed by atoms with Gasteiger partial charge in [-0.2, -0.15) is 0 Å². The van der Waals surface area contributed by atoms with Gasteiger partial charge in [0.1, 0.15) is 5.75 Å². The topological polar surface area (TPSA) is 81.4 Å². The van der Waals surface area contributed by atoms with Gasteiger partial charge in [-0.05, 0) is 81.0 Å². The molecule has 140 valence electrons.